The largest absolute Gasteiger partial charge is 0.352 e. The highest BCUT2D eigenvalue weighted by molar-refractivity contribution is 6.67. The van der Waals surface area contributed by atoms with Crippen LogP contribution in [-0.4, -0.2) is 19.6 Å². The van der Waals surface area contributed by atoms with Crippen LogP contribution in [0.2, 0.25) is 0 Å². The normalized spacial score (nSPS) is 10.7. The van der Waals surface area contributed by atoms with Crippen molar-refractivity contribution in [1.29, 1.82) is 0 Å². The average Bonchev–Trinajstić information content (AvgIpc) is 2.46. The van der Waals surface area contributed by atoms with E-state index in [0.29, 0.717) is 12.1 Å². The lowest BCUT2D eigenvalue weighted by Gasteiger charge is -2.11. The van der Waals surface area contributed by atoms with E-state index in [1.54, 1.807) is 12.1 Å². The van der Waals surface area contributed by atoms with Crippen molar-refractivity contribution >= 4 is 16.8 Å². The fourth-order valence-corrected chi connectivity index (χ4v) is 2.20. The Morgan fingerprint density at radius 1 is 1.23 bits per heavy atom. The molecule has 0 saturated carbocycles. The van der Waals surface area contributed by atoms with Gasteiger partial charge in [0.25, 0.3) is 10.8 Å². The average molecular weight is 322 g/mol. The van der Waals surface area contributed by atoms with Crippen LogP contribution >= 0.6 is 11.6 Å². The van der Waals surface area contributed by atoms with Gasteiger partial charge >= 0.3 is 5.69 Å². The molecule has 1 aromatic carbocycles. The Morgan fingerprint density at radius 3 is 2.45 bits per heavy atom. The summed E-state index contributed by atoms with van der Waals surface area (Å²) in [6.45, 7) is 5.87. The van der Waals surface area contributed by atoms with Crippen molar-refractivity contribution in [2.45, 2.75) is 33.7 Å². The van der Waals surface area contributed by atoms with Gasteiger partial charge in [-0.25, -0.2) is 4.79 Å². The number of hydrogen-bond acceptors (Lipinski definition) is 4. The predicted molar refractivity (Wildman–Crippen MR) is 84.0 cm³/mol. The number of carbonyl (C=O) groups excluding carboxylic acids is 1. The SMILES string of the molecule is CCCn1c(=O)c(C(=O)Cl)nn(-c2ccc(C)c(C)c2)c1=O. The van der Waals surface area contributed by atoms with Gasteiger partial charge in [0.15, 0.2) is 0 Å². The molecular formula is C15H16ClN3O3. The molecule has 0 aliphatic rings. The van der Waals surface area contributed by atoms with E-state index >= 15 is 0 Å². The van der Waals surface area contributed by atoms with Crippen LogP contribution in [0.3, 0.4) is 0 Å². The van der Waals surface area contributed by atoms with Crippen molar-refractivity contribution in [1.82, 2.24) is 14.3 Å². The van der Waals surface area contributed by atoms with Crippen molar-refractivity contribution in [2.24, 2.45) is 0 Å². The minimum atomic E-state index is -0.979. The third-order valence-corrected chi connectivity index (χ3v) is 3.61. The number of hydrogen-bond donors (Lipinski definition) is 0. The van der Waals surface area contributed by atoms with E-state index in [4.69, 9.17) is 11.6 Å². The summed E-state index contributed by atoms with van der Waals surface area (Å²) in [5.74, 6) is 0. The molecule has 116 valence electrons. The zero-order chi connectivity index (χ0) is 16.4. The highest BCUT2D eigenvalue weighted by Crippen LogP contribution is 2.11. The summed E-state index contributed by atoms with van der Waals surface area (Å²) >= 11 is 5.42. The molecule has 22 heavy (non-hydrogen) atoms. The Hall–Kier alpha value is -2.21. The molecule has 0 atom stereocenters. The van der Waals surface area contributed by atoms with Gasteiger partial charge in [0, 0.05) is 6.54 Å². The Balaban J connectivity index is 2.80. The number of rotatable bonds is 4. The van der Waals surface area contributed by atoms with E-state index < -0.39 is 22.2 Å². The zero-order valence-corrected chi connectivity index (χ0v) is 13.3. The summed E-state index contributed by atoms with van der Waals surface area (Å²) in [6, 6.07) is 5.32. The van der Waals surface area contributed by atoms with Crippen LogP contribution in [0, 0.1) is 13.8 Å². The number of aromatic nitrogens is 3. The molecule has 0 fully saturated rings. The summed E-state index contributed by atoms with van der Waals surface area (Å²) in [5.41, 5.74) is 0.722. The molecule has 1 heterocycles. The van der Waals surface area contributed by atoms with Gasteiger partial charge < -0.3 is 0 Å². The van der Waals surface area contributed by atoms with Gasteiger partial charge in [-0.1, -0.05) is 13.0 Å². The lowest BCUT2D eigenvalue weighted by atomic mass is 10.1. The van der Waals surface area contributed by atoms with Crippen LogP contribution in [0.1, 0.15) is 35.0 Å². The van der Waals surface area contributed by atoms with Crippen molar-refractivity contribution < 1.29 is 4.79 Å². The van der Waals surface area contributed by atoms with E-state index in [9.17, 15) is 14.4 Å². The van der Waals surface area contributed by atoms with E-state index in [1.165, 1.54) is 0 Å². The lowest BCUT2D eigenvalue weighted by molar-refractivity contribution is 0.107. The van der Waals surface area contributed by atoms with Gasteiger partial charge in [0.1, 0.15) is 0 Å². The third-order valence-electron chi connectivity index (χ3n) is 3.43. The standard InChI is InChI=1S/C15H16ClN3O3/c1-4-7-18-14(21)12(13(16)20)17-19(15(18)22)11-6-5-9(2)10(3)8-11/h5-6,8H,4,7H2,1-3H3. The molecule has 0 aliphatic carbocycles. The van der Waals surface area contributed by atoms with Gasteiger partial charge in [-0.05, 0) is 55.1 Å². The van der Waals surface area contributed by atoms with Gasteiger partial charge in [-0.3, -0.25) is 14.2 Å². The van der Waals surface area contributed by atoms with Crippen LogP contribution in [0.5, 0.6) is 0 Å². The monoisotopic (exact) mass is 321 g/mol. The summed E-state index contributed by atoms with van der Waals surface area (Å²) in [5, 5.41) is 2.87. The molecule has 2 rings (SSSR count). The predicted octanol–water partition coefficient (Wildman–Crippen LogP) is 1.80. The fourth-order valence-electron chi connectivity index (χ4n) is 2.08. The van der Waals surface area contributed by atoms with Crippen molar-refractivity contribution in [3.8, 4) is 5.69 Å². The second-order valence-corrected chi connectivity index (χ2v) is 5.39. The molecule has 0 bridgehead atoms. The van der Waals surface area contributed by atoms with E-state index in [0.717, 1.165) is 20.4 Å². The Morgan fingerprint density at radius 2 is 1.91 bits per heavy atom. The molecule has 0 unspecified atom stereocenters. The lowest BCUT2D eigenvalue weighted by Crippen LogP contribution is -2.43. The minimum absolute atomic E-state index is 0.197. The van der Waals surface area contributed by atoms with Gasteiger partial charge in [-0.15, -0.1) is 0 Å². The van der Waals surface area contributed by atoms with Gasteiger partial charge in [0.05, 0.1) is 5.69 Å². The summed E-state index contributed by atoms with van der Waals surface area (Å²) in [4.78, 5) is 36.0. The first-order valence-electron chi connectivity index (χ1n) is 6.88. The Kier molecular flexibility index (Phi) is 4.61. The van der Waals surface area contributed by atoms with E-state index in [2.05, 4.69) is 5.10 Å². The van der Waals surface area contributed by atoms with Crippen LogP contribution in [0.15, 0.2) is 27.8 Å². The maximum atomic E-state index is 12.5. The summed E-state index contributed by atoms with van der Waals surface area (Å²) in [7, 11) is 0. The minimum Gasteiger partial charge on any atom is -0.274 e. The quantitative estimate of drug-likeness (QED) is 0.805. The second-order valence-electron chi connectivity index (χ2n) is 5.04. The van der Waals surface area contributed by atoms with Crippen molar-refractivity contribution in [2.75, 3.05) is 0 Å². The van der Waals surface area contributed by atoms with Gasteiger partial charge in [0.2, 0.25) is 5.69 Å². The highest BCUT2D eigenvalue weighted by atomic mass is 35.5. The smallest absolute Gasteiger partial charge is 0.274 e. The molecule has 6 nitrogen and oxygen atoms in total. The molecule has 2 aromatic rings. The Bertz CT molecular complexity index is 852. The molecule has 0 radical (unpaired) electrons. The maximum Gasteiger partial charge on any atom is 0.352 e. The molecule has 0 saturated heterocycles. The summed E-state index contributed by atoms with van der Waals surface area (Å²) < 4.78 is 2.02. The topological polar surface area (TPSA) is 74.0 Å². The van der Waals surface area contributed by atoms with Crippen LogP contribution in [0.4, 0.5) is 0 Å². The molecule has 7 heteroatoms. The second kappa shape index (κ2) is 6.27. The number of halogens is 1. The van der Waals surface area contributed by atoms with Crippen LogP contribution < -0.4 is 11.2 Å². The molecule has 0 N–H and O–H groups in total. The molecule has 0 aliphatic heterocycles. The van der Waals surface area contributed by atoms with Gasteiger partial charge in [-0.2, -0.15) is 9.78 Å². The van der Waals surface area contributed by atoms with Crippen molar-refractivity contribution in [3.63, 3.8) is 0 Å². The first-order chi connectivity index (χ1) is 10.4. The van der Waals surface area contributed by atoms with Crippen LogP contribution in [-0.2, 0) is 6.54 Å². The summed E-state index contributed by atoms with van der Waals surface area (Å²) in [6.07, 6.45) is 0.571. The fraction of sp³-hybridized carbons (Fsp3) is 0.333. The Labute approximate surface area is 132 Å². The zero-order valence-electron chi connectivity index (χ0n) is 12.6. The molecule has 1 aromatic heterocycles. The van der Waals surface area contributed by atoms with Crippen molar-refractivity contribution in [3.05, 3.63) is 55.9 Å². The highest BCUT2D eigenvalue weighted by Gasteiger charge is 2.18. The maximum absolute atomic E-state index is 12.5. The first-order valence-corrected chi connectivity index (χ1v) is 7.26. The number of benzene rings is 1. The molecule has 0 amide bonds. The van der Waals surface area contributed by atoms with Crippen LogP contribution in [0.25, 0.3) is 5.69 Å². The number of carbonyl (C=O) groups is 1. The number of aryl methyl sites for hydroxylation is 2. The van der Waals surface area contributed by atoms with E-state index in [-0.39, 0.29) is 6.54 Å². The first kappa shape index (κ1) is 16.2. The third kappa shape index (κ3) is 2.87. The number of nitrogens with zero attached hydrogens (tertiary/aromatic N) is 3. The molecular weight excluding hydrogens is 306 g/mol. The van der Waals surface area contributed by atoms with E-state index in [1.807, 2.05) is 26.8 Å². The molecule has 0 spiro atoms.